The van der Waals surface area contributed by atoms with Crippen LogP contribution in [0.5, 0.6) is 0 Å². The minimum Gasteiger partial charge on any atom is -0.440 e. The highest BCUT2D eigenvalue weighted by Crippen LogP contribution is 2.17. The van der Waals surface area contributed by atoms with E-state index in [0.717, 1.165) is 5.39 Å². The van der Waals surface area contributed by atoms with Crippen molar-refractivity contribution < 1.29 is 9.52 Å². The van der Waals surface area contributed by atoms with Crippen molar-refractivity contribution >= 4 is 11.1 Å². The van der Waals surface area contributed by atoms with E-state index in [1.54, 1.807) is 18.3 Å². The lowest BCUT2D eigenvalue weighted by atomic mass is 10.2. The monoisotopic (exact) mass is 173 g/mol. The third-order valence-corrected chi connectivity index (χ3v) is 1.75. The minimum atomic E-state index is -0.123. The van der Waals surface area contributed by atoms with Crippen molar-refractivity contribution in [2.45, 2.75) is 6.61 Å². The van der Waals surface area contributed by atoms with E-state index < -0.39 is 0 Å². The summed E-state index contributed by atoms with van der Waals surface area (Å²) in [5.74, 6) is 2.98. The van der Waals surface area contributed by atoms with Crippen molar-refractivity contribution in [2.75, 3.05) is 0 Å². The molecule has 2 aromatic heterocycles. The van der Waals surface area contributed by atoms with Gasteiger partial charge >= 0.3 is 0 Å². The third-order valence-electron chi connectivity index (χ3n) is 1.75. The fourth-order valence-electron chi connectivity index (χ4n) is 1.14. The molecule has 3 heteroatoms. The SMILES string of the molecule is C#Cc1cnc2oc(CO)cc2c1. The van der Waals surface area contributed by atoms with Crippen LogP contribution in [0.2, 0.25) is 0 Å². The molecular weight excluding hydrogens is 166 g/mol. The first-order valence-electron chi connectivity index (χ1n) is 3.79. The smallest absolute Gasteiger partial charge is 0.226 e. The first kappa shape index (κ1) is 7.84. The minimum absolute atomic E-state index is 0.123. The molecule has 0 aromatic carbocycles. The third kappa shape index (κ3) is 1.28. The summed E-state index contributed by atoms with van der Waals surface area (Å²) in [6.07, 6.45) is 6.77. The zero-order valence-electron chi connectivity index (χ0n) is 6.82. The molecule has 0 aliphatic heterocycles. The summed E-state index contributed by atoms with van der Waals surface area (Å²) >= 11 is 0. The van der Waals surface area contributed by atoms with Gasteiger partial charge in [0.2, 0.25) is 5.71 Å². The van der Waals surface area contributed by atoms with E-state index in [2.05, 4.69) is 10.9 Å². The largest absolute Gasteiger partial charge is 0.440 e. The Hall–Kier alpha value is -1.79. The fraction of sp³-hybridized carbons (Fsp3) is 0.100. The highest BCUT2D eigenvalue weighted by Gasteiger charge is 2.03. The van der Waals surface area contributed by atoms with Gasteiger partial charge in [0, 0.05) is 17.1 Å². The number of terminal acetylenes is 1. The van der Waals surface area contributed by atoms with Crippen LogP contribution in [0.1, 0.15) is 11.3 Å². The Balaban J connectivity index is 2.65. The molecule has 2 aromatic rings. The number of nitrogens with zero attached hydrogens (tertiary/aromatic N) is 1. The Kier molecular flexibility index (Phi) is 1.76. The number of pyridine rings is 1. The van der Waals surface area contributed by atoms with Crippen molar-refractivity contribution in [3.05, 3.63) is 29.7 Å². The summed E-state index contributed by atoms with van der Waals surface area (Å²) in [6.45, 7) is -0.123. The Morgan fingerprint density at radius 2 is 2.38 bits per heavy atom. The van der Waals surface area contributed by atoms with Crippen LogP contribution in [0.4, 0.5) is 0 Å². The van der Waals surface area contributed by atoms with Gasteiger partial charge in [0.1, 0.15) is 12.4 Å². The van der Waals surface area contributed by atoms with Gasteiger partial charge in [0.15, 0.2) is 0 Å². The van der Waals surface area contributed by atoms with Crippen LogP contribution in [-0.2, 0) is 6.61 Å². The normalized spacial score (nSPS) is 10.2. The molecule has 64 valence electrons. The summed E-state index contributed by atoms with van der Waals surface area (Å²) < 4.78 is 5.19. The van der Waals surface area contributed by atoms with Crippen LogP contribution in [0.3, 0.4) is 0 Å². The molecule has 1 N–H and O–H groups in total. The van der Waals surface area contributed by atoms with Crippen LogP contribution in [0, 0.1) is 12.3 Å². The molecule has 0 saturated carbocycles. The zero-order valence-corrected chi connectivity index (χ0v) is 6.82. The summed E-state index contributed by atoms with van der Waals surface area (Å²) in [7, 11) is 0. The Morgan fingerprint density at radius 1 is 1.54 bits per heavy atom. The number of aliphatic hydroxyl groups is 1. The van der Waals surface area contributed by atoms with Crippen LogP contribution in [-0.4, -0.2) is 10.1 Å². The van der Waals surface area contributed by atoms with E-state index in [4.69, 9.17) is 15.9 Å². The van der Waals surface area contributed by atoms with Gasteiger partial charge in [-0.25, -0.2) is 4.98 Å². The molecule has 0 fully saturated rings. The summed E-state index contributed by atoms with van der Waals surface area (Å²) in [6, 6.07) is 3.52. The van der Waals surface area contributed by atoms with Crippen molar-refractivity contribution in [3.63, 3.8) is 0 Å². The first-order chi connectivity index (χ1) is 6.33. The molecular formula is C10H7NO2. The molecule has 0 atom stereocenters. The number of rotatable bonds is 1. The van der Waals surface area contributed by atoms with Crippen molar-refractivity contribution in [2.24, 2.45) is 0 Å². The summed E-state index contributed by atoms with van der Waals surface area (Å²) in [5.41, 5.74) is 1.21. The lowest BCUT2D eigenvalue weighted by Gasteiger charge is -1.88. The van der Waals surface area contributed by atoms with E-state index in [1.165, 1.54) is 0 Å². The average molecular weight is 173 g/mol. The number of aromatic nitrogens is 1. The second-order valence-corrected chi connectivity index (χ2v) is 2.63. The predicted molar refractivity (Wildman–Crippen MR) is 47.9 cm³/mol. The predicted octanol–water partition coefficient (Wildman–Crippen LogP) is 1.30. The van der Waals surface area contributed by atoms with Gasteiger partial charge in [-0.3, -0.25) is 0 Å². The van der Waals surface area contributed by atoms with Crippen molar-refractivity contribution in [1.82, 2.24) is 4.98 Å². The van der Waals surface area contributed by atoms with E-state index in [9.17, 15) is 0 Å². The van der Waals surface area contributed by atoms with Gasteiger partial charge in [-0.15, -0.1) is 6.42 Å². The van der Waals surface area contributed by atoms with E-state index in [-0.39, 0.29) is 6.61 Å². The maximum atomic E-state index is 8.80. The summed E-state index contributed by atoms with van der Waals surface area (Å²) in [4.78, 5) is 4.00. The lowest BCUT2D eigenvalue weighted by molar-refractivity contribution is 0.250. The molecule has 3 nitrogen and oxygen atoms in total. The number of fused-ring (bicyclic) bond motifs is 1. The second-order valence-electron chi connectivity index (χ2n) is 2.63. The Labute approximate surface area is 75.0 Å². The molecule has 0 aliphatic rings. The molecule has 0 saturated heterocycles. The maximum Gasteiger partial charge on any atom is 0.226 e. The Bertz CT molecular complexity index is 479. The standard InChI is InChI=1S/C10H7NO2/c1-2-7-3-8-4-9(6-12)13-10(8)11-5-7/h1,3-5,12H,6H2. The topological polar surface area (TPSA) is 46.3 Å². The highest BCUT2D eigenvalue weighted by molar-refractivity contribution is 5.75. The highest BCUT2D eigenvalue weighted by atomic mass is 16.4. The van der Waals surface area contributed by atoms with Crippen molar-refractivity contribution in [1.29, 1.82) is 0 Å². The number of hydrogen-bond acceptors (Lipinski definition) is 3. The van der Waals surface area contributed by atoms with E-state index in [0.29, 0.717) is 17.0 Å². The molecule has 13 heavy (non-hydrogen) atoms. The van der Waals surface area contributed by atoms with Crippen LogP contribution >= 0.6 is 0 Å². The van der Waals surface area contributed by atoms with Crippen LogP contribution < -0.4 is 0 Å². The molecule has 2 heterocycles. The number of furan rings is 1. The van der Waals surface area contributed by atoms with Gasteiger partial charge in [0.05, 0.1) is 0 Å². The van der Waals surface area contributed by atoms with Crippen LogP contribution in [0.15, 0.2) is 22.7 Å². The van der Waals surface area contributed by atoms with E-state index >= 15 is 0 Å². The number of aliphatic hydroxyl groups excluding tert-OH is 1. The van der Waals surface area contributed by atoms with Gasteiger partial charge in [-0.2, -0.15) is 0 Å². The molecule has 0 aliphatic carbocycles. The van der Waals surface area contributed by atoms with Gasteiger partial charge in [-0.05, 0) is 12.1 Å². The summed E-state index contributed by atoms with van der Waals surface area (Å²) in [5, 5.41) is 9.62. The van der Waals surface area contributed by atoms with Gasteiger partial charge in [0.25, 0.3) is 0 Å². The zero-order chi connectivity index (χ0) is 9.26. The molecule has 0 spiro atoms. The van der Waals surface area contributed by atoms with E-state index in [1.807, 2.05) is 0 Å². The van der Waals surface area contributed by atoms with Crippen molar-refractivity contribution in [3.8, 4) is 12.3 Å². The average Bonchev–Trinajstić information content (AvgIpc) is 2.58. The molecule has 0 radical (unpaired) electrons. The number of hydrogen-bond donors (Lipinski definition) is 1. The second kappa shape index (κ2) is 2.92. The van der Waals surface area contributed by atoms with Gasteiger partial charge < -0.3 is 9.52 Å². The fourth-order valence-corrected chi connectivity index (χ4v) is 1.14. The quantitative estimate of drug-likeness (QED) is 0.661. The van der Waals surface area contributed by atoms with Gasteiger partial charge in [-0.1, -0.05) is 5.92 Å². The Morgan fingerprint density at radius 3 is 3.08 bits per heavy atom. The van der Waals surface area contributed by atoms with Crippen LogP contribution in [0.25, 0.3) is 11.1 Å². The molecule has 0 unspecified atom stereocenters. The first-order valence-corrected chi connectivity index (χ1v) is 3.79. The lowest BCUT2D eigenvalue weighted by Crippen LogP contribution is -1.76. The maximum absolute atomic E-state index is 8.80. The molecule has 2 rings (SSSR count). The molecule has 0 amide bonds. The molecule has 0 bridgehead atoms.